The molecule has 0 spiro atoms. The number of aliphatic hydroxyl groups excluding tert-OH is 1. The van der Waals surface area contributed by atoms with Crippen LogP contribution in [0.1, 0.15) is 27.0 Å². The lowest BCUT2D eigenvalue weighted by molar-refractivity contribution is -0.308. The van der Waals surface area contributed by atoms with Gasteiger partial charge >= 0.3 is 5.97 Å². The number of carbonyl (C=O) groups excluding carboxylic acids is 1. The van der Waals surface area contributed by atoms with Crippen LogP contribution in [0.25, 0.3) is 0 Å². The summed E-state index contributed by atoms with van der Waals surface area (Å²) < 4.78 is 30.6. The van der Waals surface area contributed by atoms with Gasteiger partial charge in [0.1, 0.15) is 18.3 Å². The molecule has 1 heterocycles. The maximum Gasteiger partial charge on any atom is 0.338 e. The van der Waals surface area contributed by atoms with E-state index >= 15 is 0 Å². The number of carbonyl (C=O) groups is 1. The van der Waals surface area contributed by atoms with Crippen LogP contribution >= 0.6 is 0 Å². The van der Waals surface area contributed by atoms with Gasteiger partial charge in [-0.2, -0.15) is 0 Å². The molecular weight excluding hydrogens is 520 g/mol. The normalized spacial score (nSPS) is 22.2. The quantitative estimate of drug-likeness (QED) is 0.238. The number of esters is 1. The third-order valence-corrected chi connectivity index (χ3v) is 6.83. The van der Waals surface area contributed by atoms with Gasteiger partial charge in [0.25, 0.3) is 0 Å². The number of benzene rings is 4. The van der Waals surface area contributed by atoms with Crippen LogP contribution in [0.4, 0.5) is 0 Å². The van der Waals surface area contributed by atoms with Gasteiger partial charge in [-0.1, -0.05) is 109 Å². The van der Waals surface area contributed by atoms with E-state index in [-0.39, 0.29) is 19.8 Å². The fourth-order valence-corrected chi connectivity index (χ4v) is 4.71. The number of rotatable bonds is 12. The number of ether oxygens (including phenoxy) is 5. The van der Waals surface area contributed by atoms with Crippen LogP contribution in [0.3, 0.4) is 0 Å². The van der Waals surface area contributed by atoms with E-state index < -0.39 is 36.7 Å². The molecule has 212 valence electrons. The molecule has 7 nitrogen and oxygen atoms in total. The van der Waals surface area contributed by atoms with Crippen LogP contribution in [0, 0.1) is 0 Å². The molecule has 1 fully saturated rings. The molecule has 5 unspecified atom stereocenters. The predicted molar refractivity (Wildman–Crippen MR) is 153 cm³/mol. The molecule has 7 heteroatoms. The second-order valence-electron chi connectivity index (χ2n) is 9.82. The van der Waals surface area contributed by atoms with Crippen molar-refractivity contribution >= 4 is 5.97 Å². The summed E-state index contributed by atoms with van der Waals surface area (Å²) in [4.78, 5) is 13.3. The van der Waals surface area contributed by atoms with Crippen molar-refractivity contribution in [2.75, 3.05) is 6.61 Å². The first-order valence-electron chi connectivity index (χ1n) is 13.7. The molecule has 0 aliphatic carbocycles. The van der Waals surface area contributed by atoms with Crippen LogP contribution in [-0.4, -0.2) is 48.4 Å². The van der Waals surface area contributed by atoms with Crippen LogP contribution in [0.5, 0.6) is 0 Å². The predicted octanol–water partition coefficient (Wildman–Crippen LogP) is 5.32. The Balaban J connectivity index is 1.39. The molecule has 1 N–H and O–H groups in total. The highest BCUT2D eigenvalue weighted by Gasteiger charge is 2.49. The van der Waals surface area contributed by atoms with Crippen molar-refractivity contribution in [2.24, 2.45) is 0 Å². The molecule has 1 saturated heterocycles. The van der Waals surface area contributed by atoms with Crippen LogP contribution in [0.2, 0.25) is 0 Å². The first-order chi connectivity index (χ1) is 20.2. The Bertz CT molecular complexity index is 1320. The molecule has 0 aromatic heterocycles. The minimum absolute atomic E-state index is 0.0648. The summed E-state index contributed by atoms with van der Waals surface area (Å²) in [5.41, 5.74) is 3.24. The molecular formula is C34H34O7. The minimum atomic E-state index is -1.34. The summed E-state index contributed by atoms with van der Waals surface area (Å²) in [5, 5.41) is 11.1. The number of aliphatic hydroxyl groups is 1. The van der Waals surface area contributed by atoms with Crippen molar-refractivity contribution in [3.63, 3.8) is 0 Å². The van der Waals surface area contributed by atoms with Crippen molar-refractivity contribution < 1.29 is 33.6 Å². The Kier molecular flexibility index (Phi) is 10.3. The van der Waals surface area contributed by atoms with Gasteiger partial charge in [0, 0.05) is 0 Å². The monoisotopic (exact) mass is 554 g/mol. The Hall–Kier alpha value is -3.85. The van der Waals surface area contributed by atoms with E-state index in [1.165, 1.54) is 0 Å². The van der Waals surface area contributed by atoms with Gasteiger partial charge in [0.15, 0.2) is 12.4 Å². The van der Waals surface area contributed by atoms with Gasteiger partial charge in [-0.25, -0.2) is 4.79 Å². The summed E-state index contributed by atoms with van der Waals surface area (Å²) in [6.07, 6.45) is -4.85. The molecule has 1 aliphatic heterocycles. The fourth-order valence-electron chi connectivity index (χ4n) is 4.71. The molecule has 41 heavy (non-hydrogen) atoms. The lowest BCUT2D eigenvalue weighted by atomic mass is 9.98. The van der Waals surface area contributed by atoms with Gasteiger partial charge < -0.3 is 28.8 Å². The van der Waals surface area contributed by atoms with Gasteiger partial charge in [0.05, 0.1) is 32.0 Å². The van der Waals surface area contributed by atoms with Gasteiger partial charge in [-0.05, 0) is 28.8 Å². The van der Waals surface area contributed by atoms with Crippen LogP contribution < -0.4 is 0 Å². The standard InChI is InChI=1S/C34H34O7/c35-33(28-19-11-4-12-20-28)41-30-29(24-37-21-25-13-5-1-6-14-25)40-34(36)32(39-23-27-17-9-3-10-18-27)31(30)38-22-26-15-7-2-8-16-26/h1-20,29-32,34,36H,21-24H2. The van der Waals surface area contributed by atoms with E-state index in [1.54, 1.807) is 24.3 Å². The number of hydrogen-bond donors (Lipinski definition) is 1. The minimum Gasteiger partial charge on any atom is -0.453 e. The SMILES string of the molecule is O=C(OC1C(COCc2ccccc2)OC(O)C(OCc2ccccc2)C1OCc1ccccc1)c1ccccc1. The molecule has 0 saturated carbocycles. The van der Waals surface area contributed by atoms with Crippen LogP contribution in [-0.2, 0) is 43.5 Å². The maximum absolute atomic E-state index is 13.3. The summed E-state index contributed by atoms with van der Waals surface area (Å²) in [6, 6.07) is 37.8. The Labute approximate surface area is 240 Å². The lowest BCUT2D eigenvalue weighted by Gasteiger charge is -2.44. The van der Waals surface area contributed by atoms with Crippen molar-refractivity contribution in [2.45, 2.75) is 50.5 Å². The Morgan fingerprint density at radius 2 is 1.07 bits per heavy atom. The van der Waals surface area contributed by atoms with Gasteiger partial charge in [-0.3, -0.25) is 0 Å². The average Bonchev–Trinajstić information content (AvgIpc) is 3.02. The average molecular weight is 555 g/mol. The second-order valence-corrected chi connectivity index (χ2v) is 9.82. The first-order valence-corrected chi connectivity index (χ1v) is 13.7. The van der Waals surface area contributed by atoms with Gasteiger partial charge in [0.2, 0.25) is 0 Å². The molecule has 4 aromatic rings. The number of hydrogen-bond acceptors (Lipinski definition) is 7. The van der Waals surface area contributed by atoms with E-state index in [2.05, 4.69) is 0 Å². The molecule has 5 atom stereocenters. The molecule has 5 rings (SSSR count). The Morgan fingerprint density at radius 1 is 0.610 bits per heavy atom. The van der Waals surface area contributed by atoms with Crippen molar-refractivity contribution in [1.29, 1.82) is 0 Å². The lowest BCUT2D eigenvalue weighted by Crippen LogP contribution is -2.61. The van der Waals surface area contributed by atoms with E-state index in [4.69, 9.17) is 23.7 Å². The van der Waals surface area contributed by atoms with Crippen molar-refractivity contribution in [3.8, 4) is 0 Å². The third kappa shape index (κ3) is 8.10. The van der Waals surface area contributed by atoms with E-state index in [0.29, 0.717) is 12.2 Å². The molecule has 0 bridgehead atoms. The van der Waals surface area contributed by atoms with Crippen molar-refractivity contribution in [1.82, 2.24) is 0 Å². The highest BCUT2D eigenvalue weighted by Crippen LogP contribution is 2.30. The molecule has 4 aromatic carbocycles. The zero-order chi connectivity index (χ0) is 28.3. The third-order valence-electron chi connectivity index (χ3n) is 6.83. The fraction of sp³-hybridized carbons (Fsp3) is 0.265. The largest absolute Gasteiger partial charge is 0.453 e. The summed E-state index contributed by atoms with van der Waals surface area (Å²) in [5.74, 6) is -0.529. The van der Waals surface area contributed by atoms with Crippen LogP contribution in [0.15, 0.2) is 121 Å². The zero-order valence-corrected chi connectivity index (χ0v) is 22.7. The summed E-state index contributed by atoms with van der Waals surface area (Å²) >= 11 is 0. The molecule has 0 radical (unpaired) electrons. The smallest absolute Gasteiger partial charge is 0.338 e. The topological polar surface area (TPSA) is 83.5 Å². The zero-order valence-electron chi connectivity index (χ0n) is 22.7. The van der Waals surface area contributed by atoms with E-state index in [1.807, 2.05) is 97.1 Å². The summed E-state index contributed by atoms with van der Waals surface area (Å²) in [6.45, 7) is 0.834. The maximum atomic E-state index is 13.3. The first kappa shape index (κ1) is 28.7. The molecule has 0 amide bonds. The van der Waals surface area contributed by atoms with Gasteiger partial charge in [-0.15, -0.1) is 0 Å². The Morgan fingerprint density at radius 3 is 1.61 bits per heavy atom. The van der Waals surface area contributed by atoms with E-state index in [9.17, 15) is 9.90 Å². The summed E-state index contributed by atoms with van der Waals surface area (Å²) in [7, 11) is 0. The van der Waals surface area contributed by atoms with Crippen molar-refractivity contribution in [3.05, 3.63) is 144 Å². The van der Waals surface area contributed by atoms with E-state index in [0.717, 1.165) is 16.7 Å². The highest BCUT2D eigenvalue weighted by molar-refractivity contribution is 5.89. The molecule has 1 aliphatic rings. The highest BCUT2D eigenvalue weighted by atomic mass is 16.7. The second kappa shape index (κ2) is 14.7.